The highest BCUT2D eigenvalue weighted by Crippen LogP contribution is 2.20. The topological polar surface area (TPSA) is 22.1 Å². The molecule has 0 aliphatic heterocycles. The standard InChI is InChI=1S/C17H20ClNO/c1-20-12-4-2-3-5-14-6-11-17(19-13-14)15-7-9-16(18)10-8-15/h6-11,13H,2-5,12H2,1H3. The SMILES string of the molecule is COCCCCCc1ccc(-c2ccc(Cl)cc2)nc1. The zero-order valence-electron chi connectivity index (χ0n) is 11.8. The summed E-state index contributed by atoms with van der Waals surface area (Å²) in [5, 5.41) is 0.751. The van der Waals surface area contributed by atoms with Gasteiger partial charge >= 0.3 is 0 Å². The van der Waals surface area contributed by atoms with E-state index in [1.165, 1.54) is 18.4 Å². The van der Waals surface area contributed by atoms with Crippen LogP contribution in [0.15, 0.2) is 42.6 Å². The summed E-state index contributed by atoms with van der Waals surface area (Å²) in [5.74, 6) is 0. The molecule has 106 valence electrons. The Balaban J connectivity index is 1.88. The number of aryl methyl sites for hydroxylation is 1. The number of benzene rings is 1. The van der Waals surface area contributed by atoms with Gasteiger partial charge in [-0.05, 0) is 43.0 Å². The first-order chi connectivity index (χ1) is 9.79. The Morgan fingerprint density at radius 1 is 1.00 bits per heavy atom. The maximum Gasteiger partial charge on any atom is 0.0702 e. The summed E-state index contributed by atoms with van der Waals surface area (Å²) in [6, 6.07) is 12.0. The maximum atomic E-state index is 5.89. The second-order valence-electron chi connectivity index (χ2n) is 4.86. The third-order valence-corrected chi connectivity index (χ3v) is 3.53. The molecule has 0 N–H and O–H groups in total. The molecule has 0 unspecified atom stereocenters. The molecule has 0 radical (unpaired) electrons. The minimum atomic E-state index is 0.751. The number of unbranched alkanes of at least 4 members (excludes halogenated alkanes) is 2. The molecule has 0 atom stereocenters. The van der Waals surface area contributed by atoms with Crippen LogP contribution < -0.4 is 0 Å². The average molecular weight is 290 g/mol. The van der Waals surface area contributed by atoms with E-state index in [1.807, 2.05) is 30.5 Å². The average Bonchev–Trinajstić information content (AvgIpc) is 2.49. The summed E-state index contributed by atoms with van der Waals surface area (Å²) in [4.78, 5) is 4.53. The number of nitrogens with zero attached hydrogens (tertiary/aromatic N) is 1. The number of halogens is 1. The lowest BCUT2D eigenvalue weighted by Crippen LogP contribution is -1.92. The van der Waals surface area contributed by atoms with Crippen LogP contribution in [0, 0.1) is 0 Å². The molecule has 1 heterocycles. The highest BCUT2D eigenvalue weighted by atomic mass is 35.5. The molecule has 0 bridgehead atoms. The second kappa shape index (κ2) is 8.03. The Kier molecular flexibility index (Phi) is 6.03. The lowest BCUT2D eigenvalue weighted by molar-refractivity contribution is 0.192. The first-order valence-corrected chi connectivity index (χ1v) is 7.37. The monoisotopic (exact) mass is 289 g/mol. The van der Waals surface area contributed by atoms with Gasteiger partial charge in [0.05, 0.1) is 5.69 Å². The van der Waals surface area contributed by atoms with E-state index >= 15 is 0 Å². The third kappa shape index (κ3) is 4.62. The van der Waals surface area contributed by atoms with Crippen LogP contribution >= 0.6 is 11.6 Å². The molecule has 20 heavy (non-hydrogen) atoms. The van der Waals surface area contributed by atoms with Crippen molar-refractivity contribution >= 4 is 11.6 Å². The highest BCUT2D eigenvalue weighted by molar-refractivity contribution is 6.30. The van der Waals surface area contributed by atoms with Crippen molar-refractivity contribution in [3.8, 4) is 11.3 Å². The van der Waals surface area contributed by atoms with Gasteiger partial charge in [-0.2, -0.15) is 0 Å². The summed E-state index contributed by atoms with van der Waals surface area (Å²) in [6.45, 7) is 0.855. The summed E-state index contributed by atoms with van der Waals surface area (Å²) in [6.07, 6.45) is 6.57. The van der Waals surface area contributed by atoms with E-state index in [0.717, 1.165) is 35.7 Å². The minimum Gasteiger partial charge on any atom is -0.385 e. The molecule has 0 saturated carbocycles. The van der Waals surface area contributed by atoms with Crippen LogP contribution in [0.3, 0.4) is 0 Å². The fraction of sp³-hybridized carbons (Fsp3) is 0.353. The van der Waals surface area contributed by atoms with Gasteiger partial charge < -0.3 is 4.74 Å². The Bertz CT molecular complexity index is 508. The summed E-state index contributed by atoms with van der Waals surface area (Å²) in [7, 11) is 1.75. The van der Waals surface area contributed by atoms with Gasteiger partial charge in [0.2, 0.25) is 0 Å². The van der Waals surface area contributed by atoms with Gasteiger partial charge in [0, 0.05) is 30.5 Å². The molecule has 0 aliphatic rings. The van der Waals surface area contributed by atoms with Gasteiger partial charge in [0.1, 0.15) is 0 Å². The number of ether oxygens (including phenoxy) is 1. The van der Waals surface area contributed by atoms with Crippen LogP contribution in [0.5, 0.6) is 0 Å². The van der Waals surface area contributed by atoms with Crippen LogP contribution in [-0.2, 0) is 11.2 Å². The van der Waals surface area contributed by atoms with E-state index in [-0.39, 0.29) is 0 Å². The molecule has 0 fully saturated rings. The van der Waals surface area contributed by atoms with E-state index in [1.54, 1.807) is 7.11 Å². The predicted molar refractivity (Wildman–Crippen MR) is 84.1 cm³/mol. The fourth-order valence-electron chi connectivity index (χ4n) is 2.12. The van der Waals surface area contributed by atoms with Crippen molar-refractivity contribution < 1.29 is 4.74 Å². The van der Waals surface area contributed by atoms with Crippen molar-refractivity contribution in [2.45, 2.75) is 25.7 Å². The largest absolute Gasteiger partial charge is 0.385 e. The van der Waals surface area contributed by atoms with Crippen molar-refractivity contribution in [1.29, 1.82) is 0 Å². The molecule has 0 aliphatic carbocycles. The normalized spacial score (nSPS) is 10.7. The molecule has 1 aromatic carbocycles. The lowest BCUT2D eigenvalue weighted by atomic mass is 10.1. The van der Waals surface area contributed by atoms with Crippen LogP contribution in [0.2, 0.25) is 5.02 Å². The zero-order chi connectivity index (χ0) is 14.2. The molecular formula is C17H20ClNO. The Hall–Kier alpha value is -1.38. The molecule has 0 saturated heterocycles. The summed E-state index contributed by atoms with van der Waals surface area (Å²) in [5.41, 5.74) is 3.38. The number of pyridine rings is 1. The first-order valence-electron chi connectivity index (χ1n) is 6.99. The fourth-order valence-corrected chi connectivity index (χ4v) is 2.24. The van der Waals surface area contributed by atoms with Crippen LogP contribution in [-0.4, -0.2) is 18.7 Å². The van der Waals surface area contributed by atoms with Crippen LogP contribution in [0.4, 0.5) is 0 Å². The first kappa shape index (κ1) is 15.0. The van der Waals surface area contributed by atoms with Crippen molar-refractivity contribution in [1.82, 2.24) is 4.98 Å². The smallest absolute Gasteiger partial charge is 0.0702 e. The highest BCUT2D eigenvalue weighted by Gasteiger charge is 2.00. The summed E-state index contributed by atoms with van der Waals surface area (Å²) >= 11 is 5.89. The number of hydrogen-bond acceptors (Lipinski definition) is 2. The van der Waals surface area contributed by atoms with Crippen molar-refractivity contribution in [3.63, 3.8) is 0 Å². The van der Waals surface area contributed by atoms with E-state index in [0.29, 0.717) is 0 Å². The molecule has 2 aromatic rings. The van der Waals surface area contributed by atoms with E-state index in [4.69, 9.17) is 16.3 Å². The van der Waals surface area contributed by atoms with Crippen molar-refractivity contribution in [3.05, 3.63) is 53.2 Å². The molecule has 0 amide bonds. The van der Waals surface area contributed by atoms with Gasteiger partial charge in [0.15, 0.2) is 0 Å². The molecule has 3 heteroatoms. The number of rotatable bonds is 7. The van der Waals surface area contributed by atoms with Gasteiger partial charge in [0.25, 0.3) is 0 Å². The second-order valence-corrected chi connectivity index (χ2v) is 5.30. The Morgan fingerprint density at radius 3 is 2.45 bits per heavy atom. The molecule has 0 spiro atoms. The minimum absolute atomic E-state index is 0.751. The third-order valence-electron chi connectivity index (χ3n) is 3.28. The molecule has 2 rings (SSSR count). The van der Waals surface area contributed by atoms with Crippen molar-refractivity contribution in [2.75, 3.05) is 13.7 Å². The van der Waals surface area contributed by atoms with Gasteiger partial charge in [-0.15, -0.1) is 0 Å². The van der Waals surface area contributed by atoms with Crippen LogP contribution in [0.1, 0.15) is 24.8 Å². The Morgan fingerprint density at radius 2 is 1.80 bits per heavy atom. The van der Waals surface area contributed by atoms with E-state index < -0.39 is 0 Å². The molecular weight excluding hydrogens is 270 g/mol. The molecule has 2 nitrogen and oxygen atoms in total. The predicted octanol–water partition coefficient (Wildman–Crippen LogP) is 4.76. The van der Waals surface area contributed by atoms with Crippen LogP contribution in [0.25, 0.3) is 11.3 Å². The number of methoxy groups -OCH3 is 1. The van der Waals surface area contributed by atoms with Gasteiger partial charge in [-0.1, -0.05) is 36.2 Å². The lowest BCUT2D eigenvalue weighted by Gasteiger charge is -2.04. The van der Waals surface area contributed by atoms with Gasteiger partial charge in [-0.3, -0.25) is 4.98 Å². The quantitative estimate of drug-likeness (QED) is 0.686. The van der Waals surface area contributed by atoms with Gasteiger partial charge in [-0.25, -0.2) is 0 Å². The number of aromatic nitrogens is 1. The van der Waals surface area contributed by atoms with E-state index in [2.05, 4.69) is 17.1 Å². The zero-order valence-corrected chi connectivity index (χ0v) is 12.6. The molecule has 1 aromatic heterocycles. The number of hydrogen-bond donors (Lipinski definition) is 0. The van der Waals surface area contributed by atoms with E-state index in [9.17, 15) is 0 Å². The van der Waals surface area contributed by atoms with Crippen molar-refractivity contribution in [2.24, 2.45) is 0 Å². The maximum absolute atomic E-state index is 5.89. The summed E-state index contributed by atoms with van der Waals surface area (Å²) < 4.78 is 5.05. The Labute approximate surface area is 125 Å².